The van der Waals surface area contributed by atoms with Gasteiger partial charge in [-0.1, -0.05) is 18.2 Å². The van der Waals surface area contributed by atoms with Crippen LogP contribution in [0.1, 0.15) is 23.4 Å². The molecule has 2 heterocycles. The van der Waals surface area contributed by atoms with Gasteiger partial charge in [0.1, 0.15) is 35.0 Å². The number of amides is 1. The third-order valence-electron chi connectivity index (χ3n) is 5.54. The lowest BCUT2D eigenvalue weighted by Gasteiger charge is -2.16. The molecule has 0 fully saturated rings. The van der Waals surface area contributed by atoms with Gasteiger partial charge in [0.25, 0.3) is 5.91 Å². The summed E-state index contributed by atoms with van der Waals surface area (Å²) in [5.74, 6) is 0.510. The average molecular weight is 451 g/mol. The van der Waals surface area contributed by atoms with Crippen LogP contribution >= 0.6 is 0 Å². The molecule has 4 rings (SSSR count). The second kappa shape index (κ2) is 10.5. The summed E-state index contributed by atoms with van der Waals surface area (Å²) in [4.78, 5) is 19.6. The Balaban J connectivity index is 1.31. The molecule has 1 aliphatic rings. The number of fused-ring (bicyclic) bond motifs is 3. The van der Waals surface area contributed by atoms with Crippen LogP contribution in [-0.2, 0) is 22.5 Å². The Bertz CT molecular complexity index is 1140. The molecule has 8 heteroatoms. The number of aliphatic hydroxyl groups excluding tert-OH is 1. The van der Waals surface area contributed by atoms with Crippen LogP contribution in [0.2, 0.25) is 0 Å². The summed E-state index contributed by atoms with van der Waals surface area (Å²) < 4.78 is 13.2. The number of likely N-dealkylation sites (N-methyl/N-ethyl adjacent to an activating group) is 1. The molecule has 2 N–H and O–H groups in total. The van der Waals surface area contributed by atoms with Crippen molar-refractivity contribution in [2.24, 2.45) is 0 Å². The minimum absolute atomic E-state index is 0.0833. The number of hydrogen-bond acceptors (Lipinski definition) is 6. The molecular formula is C25H30N4O4. The Labute approximate surface area is 193 Å². The number of aryl methyl sites for hydroxylation is 1. The number of aliphatic hydroxyl groups is 1. The van der Waals surface area contributed by atoms with Crippen molar-refractivity contribution in [3.63, 3.8) is 0 Å². The maximum Gasteiger partial charge on any atom is 0.257 e. The molecule has 1 amide bonds. The first-order valence-corrected chi connectivity index (χ1v) is 11.1. The van der Waals surface area contributed by atoms with Crippen LogP contribution in [0.15, 0.2) is 54.4 Å². The molecule has 8 nitrogen and oxygen atoms in total. The van der Waals surface area contributed by atoms with E-state index in [0.29, 0.717) is 44.9 Å². The number of nitrogens with one attached hydrogen (secondary N) is 1. The SMILES string of the molecule is CN(C)CCOCCOc1ccc(CNC(=O)C2=C(O)CCc3c2nc2ccccn32)cc1. The lowest BCUT2D eigenvalue weighted by molar-refractivity contribution is -0.115. The monoisotopic (exact) mass is 450 g/mol. The third-order valence-corrected chi connectivity index (χ3v) is 5.54. The summed E-state index contributed by atoms with van der Waals surface area (Å²) in [7, 11) is 4.02. The second-order valence-corrected chi connectivity index (χ2v) is 8.25. The highest BCUT2D eigenvalue weighted by atomic mass is 16.5. The quantitative estimate of drug-likeness (QED) is 0.462. The van der Waals surface area contributed by atoms with Crippen molar-refractivity contribution in [3.05, 3.63) is 71.4 Å². The van der Waals surface area contributed by atoms with Crippen LogP contribution in [0.25, 0.3) is 11.2 Å². The minimum Gasteiger partial charge on any atom is -0.511 e. The summed E-state index contributed by atoms with van der Waals surface area (Å²) in [5.41, 5.74) is 3.46. The van der Waals surface area contributed by atoms with Crippen LogP contribution in [0.5, 0.6) is 5.75 Å². The molecule has 33 heavy (non-hydrogen) atoms. The van der Waals surface area contributed by atoms with E-state index in [1.54, 1.807) is 0 Å². The predicted molar refractivity (Wildman–Crippen MR) is 126 cm³/mol. The fourth-order valence-electron chi connectivity index (χ4n) is 3.76. The molecule has 0 saturated carbocycles. The van der Waals surface area contributed by atoms with E-state index < -0.39 is 0 Å². The largest absolute Gasteiger partial charge is 0.511 e. The molecule has 0 bridgehead atoms. The van der Waals surface area contributed by atoms with Crippen molar-refractivity contribution in [3.8, 4) is 5.75 Å². The zero-order valence-electron chi connectivity index (χ0n) is 19.1. The van der Waals surface area contributed by atoms with Crippen LogP contribution in [0.3, 0.4) is 0 Å². The fraction of sp³-hybridized carbons (Fsp3) is 0.360. The molecule has 0 aliphatic heterocycles. The first-order chi connectivity index (χ1) is 16.0. The van der Waals surface area contributed by atoms with Gasteiger partial charge < -0.3 is 29.2 Å². The number of pyridine rings is 1. The number of rotatable bonds is 10. The van der Waals surface area contributed by atoms with Crippen LogP contribution in [0.4, 0.5) is 0 Å². The highest BCUT2D eigenvalue weighted by molar-refractivity contribution is 6.20. The number of carbonyl (C=O) groups is 1. The van der Waals surface area contributed by atoms with E-state index >= 15 is 0 Å². The van der Waals surface area contributed by atoms with Gasteiger partial charge in [-0.05, 0) is 50.3 Å². The average Bonchev–Trinajstić information content (AvgIpc) is 3.18. The van der Waals surface area contributed by atoms with Gasteiger partial charge in [0.05, 0.1) is 18.9 Å². The number of hydrogen-bond donors (Lipinski definition) is 2. The Morgan fingerprint density at radius 2 is 1.94 bits per heavy atom. The van der Waals surface area contributed by atoms with E-state index in [0.717, 1.165) is 29.2 Å². The normalized spacial score (nSPS) is 13.4. The number of carbonyl (C=O) groups excluding carboxylic acids is 1. The summed E-state index contributed by atoms with van der Waals surface area (Å²) in [6.45, 7) is 2.92. The minimum atomic E-state index is -0.327. The van der Waals surface area contributed by atoms with E-state index in [2.05, 4.69) is 15.2 Å². The highest BCUT2D eigenvalue weighted by Gasteiger charge is 2.28. The maximum atomic E-state index is 12.9. The first-order valence-electron chi connectivity index (χ1n) is 11.1. The van der Waals surface area contributed by atoms with Crippen LogP contribution < -0.4 is 10.1 Å². The van der Waals surface area contributed by atoms with Crippen molar-refractivity contribution in [1.82, 2.24) is 19.6 Å². The van der Waals surface area contributed by atoms with Gasteiger partial charge in [0, 0.05) is 25.7 Å². The zero-order valence-corrected chi connectivity index (χ0v) is 19.1. The molecule has 0 spiro atoms. The number of benzene rings is 1. The lowest BCUT2D eigenvalue weighted by Crippen LogP contribution is -2.26. The Hall–Kier alpha value is -3.36. The van der Waals surface area contributed by atoms with Crippen molar-refractivity contribution in [1.29, 1.82) is 0 Å². The zero-order chi connectivity index (χ0) is 23.2. The maximum absolute atomic E-state index is 12.9. The van der Waals surface area contributed by atoms with Crippen LogP contribution in [0, 0.1) is 0 Å². The predicted octanol–water partition coefficient (Wildman–Crippen LogP) is 2.82. The standard InChI is InChI=1S/C25H30N4O4/c1-28(2)13-14-32-15-16-33-19-8-6-18(7-9-19)17-26-25(31)23-21(30)11-10-20-24(23)27-22-5-3-4-12-29(20)22/h3-9,12,30H,10-11,13-17H2,1-2H3,(H,26,31). The molecule has 1 aliphatic carbocycles. The molecule has 0 saturated heterocycles. The fourth-order valence-corrected chi connectivity index (χ4v) is 3.76. The van der Waals surface area contributed by atoms with E-state index in [9.17, 15) is 9.90 Å². The van der Waals surface area contributed by atoms with Crippen molar-refractivity contribution in [2.75, 3.05) is 40.5 Å². The molecule has 174 valence electrons. The molecule has 0 unspecified atom stereocenters. The summed E-state index contributed by atoms with van der Waals surface area (Å²) in [6.07, 6.45) is 2.99. The van der Waals surface area contributed by atoms with Gasteiger partial charge in [0.2, 0.25) is 0 Å². The van der Waals surface area contributed by atoms with E-state index in [-0.39, 0.29) is 17.2 Å². The Morgan fingerprint density at radius 1 is 1.12 bits per heavy atom. The Morgan fingerprint density at radius 3 is 2.73 bits per heavy atom. The van der Waals surface area contributed by atoms with E-state index in [1.165, 1.54) is 0 Å². The van der Waals surface area contributed by atoms with Crippen LogP contribution in [-0.4, -0.2) is 65.8 Å². The van der Waals surface area contributed by atoms with E-state index in [1.807, 2.05) is 67.2 Å². The molecular weight excluding hydrogens is 420 g/mol. The van der Waals surface area contributed by atoms with Gasteiger partial charge in [-0.25, -0.2) is 4.98 Å². The Kier molecular flexibility index (Phi) is 7.26. The van der Waals surface area contributed by atoms with Crippen molar-refractivity contribution >= 4 is 17.1 Å². The molecule has 1 aromatic carbocycles. The van der Waals surface area contributed by atoms with Gasteiger partial charge >= 0.3 is 0 Å². The van der Waals surface area contributed by atoms with Gasteiger partial charge in [-0.2, -0.15) is 0 Å². The molecule has 0 atom stereocenters. The summed E-state index contributed by atoms with van der Waals surface area (Å²) in [6, 6.07) is 13.3. The number of nitrogens with zero attached hydrogens (tertiary/aromatic N) is 3. The number of aromatic nitrogens is 2. The van der Waals surface area contributed by atoms with Gasteiger partial charge in [-0.15, -0.1) is 0 Å². The molecule has 2 aromatic heterocycles. The second-order valence-electron chi connectivity index (χ2n) is 8.25. The van der Waals surface area contributed by atoms with Gasteiger partial charge in [-0.3, -0.25) is 4.79 Å². The molecule has 0 radical (unpaired) electrons. The highest BCUT2D eigenvalue weighted by Crippen LogP contribution is 2.30. The first kappa shape index (κ1) is 22.8. The lowest BCUT2D eigenvalue weighted by atomic mass is 9.97. The topological polar surface area (TPSA) is 88.3 Å². The molecule has 3 aromatic rings. The summed E-state index contributed by atoms with van der Waals surface area (Å²) >= 11 is 0. The van der Waals surface area contributed by atoms with Gasteiger partial charge in [0.15, 0.2) is 0 Å². The number of ether oxygens (including phenoxy) is 2. The number of allylic oxidation sites excluding steroid dienone is 1. The van der Waals surface area contributed by atoms with Crippen molar-refractivity contribution in [2.45, 2.75) is 19.4 Å². The number of imidazole rings is 1. The summed E-state index contributed by atoms with van der Waals surface area (Å²) in [5, 5.41) is 13.4. The third kappa shape index (κ3) is 5.53. The van der Waals surface area contributed by atoms with E-state index in [4.69, 9.17) is 9.47 Å². The van der Waals surface area contributed by atoms with Crippen molar-refractivity contribution < 1.29 is 19.4 Å². The smallest absolute Gasteiger partial charge is 0.257 e.